The highest BCUT2D eigenvalue weighted by Crippen LogP contribution is 1.95. The summed E-state index contributed by atoms with van der Waals surface area (Å²) in [6.45, 7) is 1.36. The normalized spacial score (nSPS) is 11.0. The average molecular weight is 189 g/mol. The number of carboxylic acids is 1. The van der Waals surface area contributed by atoms with E-state index in [1.807, 2.05) is 0 Å². The van der Waals surface area contributed by atoms with Gasteiger partial charge in [0.1, 0.15) is 0 Å². The molecule has 0 heterocycles. The molecule has 0 aromatic carbocycles. The van der Waals surface area contributed by atoms with Crippen molar-refractivity contribution in [2.45, 2.75) is 13.3 Å². The van der Waals surface area contributed by atoms with Crippen LogP contribution in [0.15, 0.2) is 11.8 Å². The van der Waals surface area contributed by atoms with E-state index >= 15 is 0 Å². The minimum Gasteiger partial charge on any atom is -0.481 e. The van der Waals surface area contributed by atoms with E-state index in [2.05, 4.69) is 17.9 Å². The molecule has 0 radical (unpaired) electrons. The van der Waals surface area contributed by atoms with Crippen LogP contribution in [0.2, 0.25) is 0 Å². The summed E-state index contributed by atoms with van der Waals surface area (Å²) in [6, 6.07) is 0. The van der Waals surface area contributed by atoms with Gasteiger partial charge < -0.3 is 10.4 Å². The van der Waals surface area contributed by atoms with Crippen LogP contribution in [0.4, 0.5) is 0 Å². The molecule has 5 heteroatoms. The van der Waals surface area contributed by atoms with Gasteiger partial charge in [0, 0.05) is 18.4 Å². The molecule has 2 N–H and O–H groups in total. The maximum absolute atomic E-state index is 10.5. The molecule has 0 unspecified atom stereocenters. The van der Waals surface area contributed by atoms with E-state index in [-0.39, 0.29) is 12.3 Å². The number of thiol groups is 1. The molecule has 0 atom stereocenters. The van der Waals surface area contributed by atoms with Gasteiger partial charge in [-0.2, -0.15) is 12.6 Å². The third-order valence-corrected chi connectivity index (χ3v) is 1.37. The lowest BCUT2D eigenvalue weighted by molar-refractivity contribution is -0.136. The molecule has 0 aliphatic carbocycles. The quantitative estimate of drug-likeness (QED) is 0.561. The number of hydrogen-bond donors (Lipinski definition) is 3. The molecule has 0 bridgehead atoms. The average Bonchev–Trinajstić information content (AvgIpc) is 1.97. The van der Waals surface area contributed by atoms with E-state index in [0.717, 1.165) is 0 Å². The summed E-state index contributed by atoms with van der Waals surface area (Å²) in [5, 5.41) is 10.8. The molecule has 12 heavy (non-hydrogen) atoms. The van der Waals surface area contributed by atoms with E-state index in [1.165, 1.54) is 13.0 Å². The molecule has 0 saturated heterocycles. The molecule has 0 aliphatic heterocycles. The molecule has 4 nitrogen and oxygen atoms in total. The lowest BCUT2D eigenvalue weighted by atomic mass is 10.3. The number of amides is 1. The third kappa shape index (κ3) is 5.79. The Morgan fingerprint density at radius 3 is 2.50 bits per heavy atom. The zero-order chi connectivity index (χ0) is 9.56. The summed E-state index contributed by atoms with van der Waals surface area (Å²) >= 11 is 3.92. The number of hydrogen-bond acceptors (Lipinski definition) is 3. The van der Waals surface area contributed by atoms with Crippen LogP contribution in [0, 0.1) is 0 Å². The SMILES string of the molecule is CC(=O)NC(=CCC(=O)O)CS. The van der Waals surface area contributed by atoms with Gasteiger partial charge in [-0.3, -0.25) is 9.59 Å². The van der Waals surface area contributed by atoms with Crippen molar-refractivity contribution < 1.29 is 14.7 Å². The fraction of sp³-hybridized carbons (Fsp3) is 0.429. The Balaban J connectivity index is 4.04. The number of carbonyl (C=O) groups is 2. The van der Waals surface area contributed by atoms with Gasteiger partial charge in [-0.05, 0) is 0 Å². The largest absolute Gasteiger partial charge is 0.481 e. The van der Waals surface area contributed by atoms with Crippen molar-refractivity contribution in [3.63, 3.8) is 0 Å². The topological polar surface area (TPSA) is 66.4 Å². The van der Waals surface area contributed by atoms with Gasteiger partial charge in [0.2, 0.25) is 5.91 Å². The molecule has 0 spiro atoms. The Bertz CT molecular complexity index is 213. The maximum Gasteiger partial charge on any atom is 0.307 e. The van der Waals surface area contributed by atoms with Crippen molar-refractivity contribution in [2.24, 2.45) is 0 Å². The van der Waals surface area contributed by atoms with Crippen LogP contribution in [-0.2, 0) is 9.59 Å². The first-order chi connectivity index (χ1) is 5.56. The van der Waals surface area contributed by atoms with Gasteiger partial charge in [0.25, 0.3) is 0 Å². The first kappa shape index (κ1) is 11.0. The van der Waals surface area contributed by atoms with E-state index in [4.69, 9.17) is 5.11 Å². The summed E-state index contributed by atoms with van der Waals surface area (Å²) in [5.41, 5.74) is 0.522. The van der Waals surface area contributed by atoms with Crippen LogP contribution in [0.5, 0.6) is 0 Å². The monoisotopic (exact) mass is 189 g/mol. The van der Waals surface area contributed by atoms with Crippen LogP contribution < -0.4 is 5.32 Å². The number of rotatable bonds is 4. The fourth-order valence-electron chi connectivity index (χ4n) is 0.592. The van der Waals surface area contributed by atoms with Crippen LogP contribution >= 0.6 is 12.6 Å². The van der Waals surface area contributed by atoms with E-state index < -0.39 is 5.97 Å². The Morgan fingerprint density at radius 1 is 1.58 bits per heavy atom. The summed E-state index contributed by atoms with van der Waals surface area (Å²) in [7, 11) is 0. The van der Waals surface area contributed by atoms with E-state index in [1.54, 1.807) is 0 Å². The summed E-state index contributed by atoms with van der Waals surface area (Å²) in [6.07, 6.45) is 1.33. The van der Waals surface area contributed by atoms with Crippen molar-refractivity contribution in [1.29, 1.82) is 0 Å². The van der Waals surface area contributed by atoms with Crippen LogP contribution in [0.1, 0.15) is 13.3 Å². The van der Waals surface area contributed by atoms with E-state index in [0.29, 0.717) is 11.4 Å². The maximum atomic E-state index is 10.5. The lowest BCUT2D eigenvalue weighted by Gasteiger charge is -2.02. The lowest BCUT2D eigenvalue weighted by Crippen LogP contribution is -2.20. The van der Waals surface area contributed by atoms with Crippen LogP contribution in [0.3, 0.4) is 0 Å². The zero-order valence-electron chi connectivity index (χ0n) is 6.70. The molecule has 1 amide bonds. The standard InChI is InChI=1S/C7H11NO3S/c1-5(9)8-6(4-12)2-3-7(10)11/h2,12H,3-4H2,1H3,(H,8,9)(H,10,11). The third-order valence-electron chi connectivity index (χ3n) is 1.03. The van der Waals surface area contributed by atoms with Crippen LogP contribution in [-0.4, -0.2) is 22.7 Å². The van der Waals surface area contributed by atoms with Crippen molar-refractivity contribution in [1.82, 2.24) is 5.32 Å². The molecule has 0 aromatic heterocycles. The zero-order valence-corrected chi connectivity index (χ0v) is 7.60. The van der Waals surface area contributed by atoms with Gasteiger partial charge in [0.15, 0.2) is 0 Å². The fourth-order valence-corrected chi connectivity index (χ4v) is 0.800. The smallest absolute Gasteiger partial charge is 0.307 e. The predicted octanol–water partition coefficient (Wildman–Crippen LogP) is 0.411. The highest BCUT2D eigenvalue weighted by molar-refractivity contribution is 7.80. The Labute approximate surface area is 76.1 Å². The van der Waals surface area contributed by atoms with Gasteiger partial charge in [0.05, 0.1) is 6.42 Å². The Morgan fingerprint density at radius 2 is 2.17 bits per heavy atom. The summed E-state index contributed by atoms with van der Waals surface area (Å²) in [4.78, 5) is 20.6. The summed E-state index contributed by atoms with van der Waals surface area (Å²) in [5.74, 6) is -0.826. The van der Waals surface area contributed by atoms with Crippen LogP contribution in [0.25, 0.3) is 0 Å². The minimum atomic E-state index is -0.931. The highest BCUT2D eigenvalue weighted by atomic mass is 32.1. The van der Waals surface area contributed by atoms with Gasteiger partial charge >= 0.3 is 5.97 Å². The molecule has 68 valence electrons. The van der Waals surface area contributed by atoms with Crippen molar-refractivity contribution >= 4 is 24.5 Å². The van der Waals surface area contributed by atoms with Gasteiger partial charge in [-0.1, -0.05) is 6.08 Å². The van der Waals surface area contributed by atoms with Crippen molar-refractivity contribution in [2.75, 3.05) is 5.75 Å². The molecule has 0 aromatic rings. The highest BCUT2D eigenvalue weighted by Gasteiger charge is 1.98. The number of nitrogens with one attached hydrogen (secondary N) is 1. The second-order valence-corrected chi connectivity index (χ2v) is 2.48. The molecular weight excluding hydrogens is 178 g/mol. The Kier molecular flexibility index (Phi) is 5.19. The molecule has 0 saturated carbocycles. The first-order valence-electron chi connectivity index (χ1n) is 3.35. The summed E-state index contributed by atoms with van der Waals surface area (Å²) < 4.78 is 0. The van der Waals surface area contributed by atoms with Gasteiger partial charge in [-0.15, -0.1) is 0 Å². The second-order valence-electron chi connectivity index (χ2n) is 2.17. The first-order valence-corrected chi connectivity index (χ1v) is 3.98. The number of carbonyl (C=O) groups excluding carboxylic acids is 1. The Hall–Kier alpha value is -0.970. The minimum absolute atomic E-state index is 0.101. The number of carboxylic acid groups (broad SMARTS) is 1. The number of aliphatic carboxylic acids is 1. The molecule has 0 fully saturated rings. The second kappa shape index (κ2) is 5.65. The van der Waals surface area contributed by atoms with Crippen molar-refractivity contribution in [3.8, 4) is 0 Å². The molecule has 0 rings (SSSR count). The van der Waals surface area contributed by atoms with Gasteiger partial charge in [-0.25, -0.2) is 0 Å². The molecule has 0 aliphatic rings. The van der Waals surface area contributed by atoms with E-state index in [9.17, 15) is 9.59 Å². The molecular formula is C7H11NO3S. The predicted molar refractivity (Wildman–Crippen MR) is 48.0 cm³/mol. The van der Waals surface area contributed by atoms with Crippen molar-refractivity contribution in [3.05, 3.63) is 11.8 Å².